The number of anilines is 1. The van der Waals surface area contributed by atoms with E-state index in [1.807, 2.05) is 6.92 Å². The molecule has 2 heterocycles. The molecule has 2 aliphatic rings. The van der Waals surface area contributed by atoms with Gasteiger partial charge >= 0.3 is 0 Å². The average Bonchev–Trinajstić information content (AvgIpc) is 3.38. The van der Waals surface area contributed by atoms with Gasteiger partial charge in [0.25, 0.3) is 5.56 Å². The van der Waals surface area contributed by atoms with Crippen LogP contribution in [0.2, 0.25) is 0 Å². The number of nitrogens with zero attached hydrogens (tertiary/aromatic N) is 2. The maximum absolute atomic E-state index is 15.0. The number of benzene rings is 1. The Hall–Kier alpha value is -2.15. The number of nitrogens with two attached hydrogens (primary N) is 1. The van der Waals surface area contributed by atoms with Gasteiger partial charge in [-0.25, -0.2) is 8.78 Å². The molecule has 1 unspecified atom stereocenters. The Morgan fingerprint density at radius 3 is 2.77 bits per heavy atom. The smallest absolute Gasteiger partial charge is 0.251 e. The van der Waals surface area contributed by atoms with Crippen LogP contribution in [0.4, 0.5) is 14.5 Å². The lowest BCUT2D eigenvalue weighted by Crippen LogP contribution is -2.36. The lowest BCUT2D eigenvalue weighted by atomic mass is 10.1. The van der Waals surface area contributed by atoms with Crippen LogP contribution in [0.15, 0.2) is 23.0 Å². The van der Waals surface area contributed by atoms with E-state index in [4.69, 9.17) is 10.5 Å². The zero-order valence-electron chi connectivity index (χ0n) is 14.8. The van der Waals surface area contributed by atoms with Crippen molar-refractivity contribution >= 4 is 16.6 Å². The summed E-state index contributed by atoms with van der Waals surface area (Å²) in [5.74, 6) is -0.142. The third-order valence-electron chi connectivity index (χ3n) is 5.28. The first-order valence-electron chi connectivity index (χ1n) is 9.12. The monoisotopic (exact) mass is 363 g/mol. The molecular weight excluding hydrogens is 340 g/mol. The summed E-state index contributed by atoms with van der Waals surface area (Å²) < 4.78 is 37.2. The number of halogens is 2. The molecule has 0 bridgehead atoms. The van der Waals surface area contributed by atoms with Crippen molar-refractivity contribution in [1.29, 1.82) is 0 Å². The number of hydrogen-bond donors (Lipinski definition) is 1. The molecule has 0 radical (unpaired) electrons. The number of fused-ring (bicyclic) bond motifs is 1. The predicted molar refractivity (Wildman–Crippen MR) is 97.3 cm³/mol. The van der Waals surface area contributed by atoms with Crippen LogP contribution in [-0.4, -0.2) is 36.5 Å². The third-order valence-corrected chi connectivity index (χ3v) is 5.28. The summed E-state index contributed by atoms with van der Waals surface area (Å²) in [6, 6.07) is 4.61. The van der Waals surface area contributed by atoms with Crippen LogP contribution in [-0.2, 0) is 0 Å². The average molecular weight is 363 g/mol. The highest BCUT2D eigenvalue weighted by molar-refractivity contribution is 5.91. The van der Waals surface area contributed by atoms with Crippen molar-refractivity contribution in [3.63, 3.8) is 0 Å². The molecule has 1 atom stereocenters. The quantitative estimate of drug-likeness (QED) is 0.887. The highest BCUT2D eigenvalue weighted by Gasteiger charge is 2.40. The number of pyridine rings is 1. The van der Waals surface area contributed by atoms with Gasteiger partial charge in [0.15, 0.2) is 11.6 Å². The van der Waals surface area contributed by atoms with Gasteiger partial charge in [0.1, 0.15) is 11.4 Å². The van der Waals surface area contributed by atoms with E-state index in [1.165, 1.54) is 12.1 Å². The molecule has 2 N–H and O–H groups in total. The van der Waals surface area contributed by atoms with Gasteiger partial charge in [-0.2, -0.15) is 0 Å². The van der Waals surface area contributed by atoms with Crippen molar-refractivity contribution < 1.29 is 13.5 Å². The number of alkyl halides is 1. The molecule has 1 aliphatic heterocycles. The molecule has 26 heavy (non-hydrogen) atoms. The van der Waals surface area contributed by atoms with E-state index in [2.05, 4.69) is 0 Å². The van der Waals surface area contributed by atoms with Crippen molar-refractivity contribution in [3.05, 3.63) is 34.4 Å². The maximum atomic E-state index is 15.0. The topological polar surface area (TPSA) is 60.5 Å². The summed E-state index contributed by atoms with van der Waals surface area (Å²) >= 11 is 0. The number of rotatable bonds is 5. The highest BCUT2D eigenvalue weighted by Crippen LogP contribution is 2.44. The van der Waals surface area contributed by atoms with Crippen LogP contribution in [0.3, 0.4) is 0 Å². The molecule has 0 amide bonds. The van der Waals surface area contributed by atoms with Crippen molar-refractivity contribution in [3.8, 4) is 5.75 Å². The van der Waals surface area contributed by atoms with Crippen LogP contribution in [0.25, 0.3) is 10.9 Å². The van der Waals surface area contributed by atoms with Gasteiger partial charge in [-0.15, -0.1) is 0 Å². The summed E-state index contributed by atoms with van der Waals surface area (Å²) in [5.41, 5.74) is 4.73. The van der Waals surface area contributed by atoms with E-state index in [0.29, 0.717) is 29.8 Å². The van der Waals surface area contributed by atoms with E-state index >= 15 is 0 Å². The Morgan fingerprint density at radius 1 is 1.38 bits per heavy atom. The summed E-state index contributed by atoms with van der Waals surface area (Å²) in [4.78, 5) is 14.1. The van der Waals surface area contributed by atoms with E-state index < -0.39 is 11.5 Å². The Bertz CT molecular complexity index is 910. The van der Waals surface area contributed by atoms with Crippen molar-refractivity contribution in [2.75, 3.05) is 31.1 Å². The van der Waals surface area contributed by atoms with Crippen LogP contribution in [0.1, 0.15) is 32.2 Å². The lowest BCUT2D eigenvalue weighted by Gasteiger charge is -2.25. The lowest BCUT2D eigenvalue weighted by molar-refractivity contribution is 0.203. The predicted octanol–water partition coefficient (Wildman–Crippen LogP) is 2.75. The SMILES string of the molecule is CCOc1c(N2CCC(F)(CN)C2)c(F)cc2ccc(=O)n(C3CC3)c12. The Labute approximate surface area is 150 Å². The summed E-state index contributed by atoms with van der Waals surface area (Å²) in [6.45, 7) is 2.41. The zero-order chi connectivity index (χ0) is 18.5. The van der Waals surface area contributed by atoms with Crippen LogP contribution in [0, 0.1) is 5.82 Å². The fourth-order valence-electron chi connectivity index (χ4n) is 3.82. The molecule has 1 aromatic heterocycles. The zero-order valence-corrected chi connectivity index (χ0v) is 14.8. The Balaban J connectivity index is 1.95. The second kappa shape index (κ2) is 6.23. The molecule has 4 rings (SSSR count). The fourth-order valence-corrected chi connectivity index (χ4v) is 3.82. The molecule has 1 saturated carbocycles. The van der Waals surface area contributed by atoms with E-state index in [0.717, 1.165) is 12.8 Å². The first kappa shape index (κ1) is 17.3. The second-order valence-electron chi connectivity index (χ2n) is 7.21. The molecule has 140 valence electrons. The first-order valence-corrected chi connectivity index (χ1v) is 9.12. The first-order chi connectivity index (χ1) is 12.5. The van der Waals surface area contributed by atoms with Crippen molar-refractivity contribution in [2.24, 2.45) is 5.73 Å². The molecule has 1 saturated heterocycles. The fraction of sp³-hybridized carbons (Fsp3) is 0.526. The van der Waals surface area contributed by atoms with Gasteiger partial charge in [0, 0.05) is 37.0 Å². The van der Waals surface area contributed by atoms with E-state index in [1.54, 1.807) is 15.5 Å². The largest absolute Gasteiger partial charge is 0.489 e. The molecule has 0 spiro atoms. The van der Waals surface area contributed by atoms with Gasteiger partial charge in [-0.1, -0.05) is 0 Å². The minimum Gasteiger partial charge on any atom is -0.489 e. The standard InChI is InChI=1S/C19H23F2N3O2/c1-2-26-18-16-12(3-6-15(25)24(16)13-4-5-13)9-14(20)17(18)23-8-7-19(21,10-22)11-23/h3,6,9,13H,2,4-5,7-8,10-11,22H2,1H3. The van der Waals surface area contributed by atoms with Crippen LogP contribution >= 0.6 is 0 Å². The molecule has 2 aromatic rings. The van der Waals surface area contributed by atoms with Gasteiger partial charge in [0.2, 0.25) is 0 Å². The summed E-state index contributed by atoms with van der Waals surface area (Å²) in [6.07, 6.45) is 2.08. The molecular formula is C19H23F2N3O2. The normalized spacial score (nSPS) is 23.0. The minimum absolute atomic E-state index is 0.0203. The van der Waals surface area contributed by atoms with Gasteiger partial charge in [0.05, 0.1) is 18.7 Å². The van der Waals surface area contributed by atoms with Gasteiger partial charge < -0.3 is 19.9 Å². The Kier molecular flexibility index (Phi) is 4.14. The Morgan fingerprint density at radius 2 is 2.15 bits per heavy atom. The molecule has 1 aliphatic carbocycles. The maximum Gasteiger partial charge on any atom is 0.251 e. The van der Waals surface area contributed by atoms with E-state index in [9.17, 15) is 13.6 Å². The molecule has 7 heteroatoms. The van der Waals surface area contributed by atoms with Crippen LogP contribution in [0.5, 0.6) is 5.75 Å². The highest BCUT2D eigenvalue weighted by atomic mass is 19.1. The third kappa shape index (κ3) is 2.74. The van der Waals surface area contributed by atoms with Gasteiger partial charge in [-0.3, -0.25) is 4.79 Å². The van der Waals surface area contributed by atoms with Gasteiger partial charge in [-0.05, 0) is 31.9 Å². The molecule has 5 nitrogen and oxygen atoms in total. The second-order valence-corrected chi connectivity index (χ2v) is 7.21. The van der Waals surface area contributed by atoms with E-state index in [-0.39, 0.29) is 36.8 Å². The molecule has 1 aromatic carbocycles. The number of hydrogen-bond acceptors (Lipinski definition) is 4. The van der Waals surface area contributed by atoms with Crippen molar-refractivity contribution in [2.45, 2.75) is 37.9 Å². The summed E-state index contributed by atoms with van der Waals surface area (Å²) in [5, 5.41) is 0.616. The minimum atomic E-state index is -1.53. The summed E-state index contributed by atoms with van der Waals surface area (Å²) in [7, 11) is 0. The number of aromatic nitrogens is 1. The van der Waals surface area contributed by atoms with Crippen LogP contribution < -0.4 is 20.9 Å². The van der Waals surface area contributed by atoms with Crippen molar-refractivity contribution in [1.82, 2.24) is 4.57 Å². The number of ether oxygens (including phenoxy) is 1. The molecule has 2 fully saturated rings.